The number of anilines is 1. The van der Waals surface area contributed by atoms with Crippen LogP contribution in [0.2, 0.25) is 0 Å². The van der Waals surface area contributed by atoms with Gasteiger partial charge in [-0.25, -0.2) is 9.67 Å². The lowest BCUT2D eigenvalue weighted by atomic mass is 10.1. The summed E-state index contributed by atoms with van der Waals surface area (Å²) in [6, 6.07) is 3.79. The van der Waals surface area contributed by atoms with Gasteiger partial charge in [-0.15, -0.1) is 0 Å². The van der Waals surface area contributed by atoms with Crippen LogP contribution in [0.15, 0.2) is 29.3 Å². The Morgan fingerprint density at radius 1 is 1.40 bits per heavy atom. The summed E-state index contributed by atoms with van der Waals surface area (Å²) >= 11 is 3.53. The van der Waals surface area contributed by atoms with Gasteiger partial charge in [0.05, 0.1) is 5.69 Å². The number of fused-ring (bicyclic) bond motifs is 1. The molecule has 0 bridgehead atoms. The molecule has 1 aromatic heterocycles. The van der Waals surface area contributed by atoms with Crippen LogP contribution >= 0.6 is 15.9 Å². The van der Waals surface area contributed by atoms with Gasteiger partial charge in [-0.05, 0) is 65.4 Å². The van der Waals surface area contributed by atoms with Crippen LogP contribution in [0, 0.1) is 0 Å². The van der Waals surface area contributed by atoms with E-state index >= 15 is 0 Å². The topological polar surface area (TPSA) is 59.8 Å². The van der Waals surface area contributed by atoms with Crippen molar-refractivity contribution in [2.75, 3.05) is 5.32 Å². The van der Waals surface area contributed by atoms with Crippen molar-refractivity contribution in [2.45, 2.75) is 32.2 Å². The Bertz CT molecular complexity index is 639. The summed E-state index contributed by atoms with van der Waals surface area (Å²) in [4.78, 5) is 16.1. The van der Waals surface area contributed by atoms with E-state index < -0.39 is 6.04 Å². The minimum Gasteiger partial charge on any atom is -0.323 e. The Morgan fingerprint density at radius 3 is 2.85 bits per heavy atom. The van der Waals surface area contributed by atoms with E-state index in [0.29, 0.717) is 0 Å². The lowest BCUT2D eigenvalue weighted by Crippen LogP contribution is -2.24. The van der Waals surface area contributed by atoms with Crippen LogP contribution in [-0.4, -0.2) is 20.7 Å². The molecule has 2 aromatic rings. The van der Waals surface area contributed by atoms with Crippen molar-refractivity contribution in [2.24, 2.45) is 0 Å². The number of hydrogen-bond donors (Lipinski definition) is 1. The summed E-state index contributed by atoms with van der Waals surface area (Å²) in [5.41, 5.74) is 3.53. The number of carbonyl (C=O) groups is 1. The highest BCUT2D eigenvalue weighted by molar-refractivity contribution is 9.10. The first-order chi connectivity index (χ1) is 9.65. The molecule has 1 unspecified atom stereocenters. The van der Waals surface area contributed by atoms with Crippen molar-refractivity contribution in [1.29, 1.82) is 0 Å². The fourth-order valence-electron chi connectivity index (χ4n) is 2.46. The fourth-order valence-corrected chi connectivity index (χ4v) is 2.95. The highest BCUT2D eigenvalue weighted by atomic mass is 79.9. The maximum absolute atomic E-state index is 12.2. The van der Waals surface area contributed by atoms with E-state index in [1.165, 1.54) is 28.6 Å². The molecule has 20 heavy (non-hydrogen) atoms. The number of halogens is 1. The molecule has 1 heterocycles. The third kappa shape index (κ3) is 2.47. The van der Waals surface area contributed by atoms with Gasteiger partial charge in [-0.3, -0.25) is 4.79 Å². The van der Waals surface area contributed by atoms with Crippen molar-refractivity contribution in [3.05, 3.63) is 40.4 Å². The van der Waals surface area contributed by atoms with Crippen LogP contribution < -0.4 is 5.32 Å². The lowest BCUT2D eigenvalue weighted by molar-refractivity contribution is -0.119. The quantitative estimate of drug-likeness (QED) is 0.938. The van der Waals surface area contributed by atoms with Crippen molar-refractivity contribution >= 4 is 27.5 Å². The number of aryl methyl sites for hydroxylation is 2. The van der Waals surface area contributed by atoms with Gasteiger partial charge in [0.15, 0.2) is 0 Å². The first-order valence-electron chi connectivity index (χ1n) is 6.61. The SMILES string of the molecule is CC(C(=O)Nc1cc2c(cc1Br)CCC2)n1cncn1. The maximum Gasteiger partial charge on any atom is 0.249 e. The molecule has 0 saturated heterocycles. The van der Waals surface area contributed by atoms with Crippen molar-refractivity contribution in [3.8, 4) is 0 Å². The number of rotatable bonds is 3. The Hall–Kier alpha value is -1.69. The van der Waals surface area contributed by atoms with Crippen molar-refractivity contribution in [3.63, 3.8) is 0 Å². The Balaban J connectivity index is 1.79. The van der Waals surface area contributed by atoms with Gasteiger partial charge in [-0.2, -0.15) is 5.10 Å². The second kappa shape index (κ2) is 5.36. The largest absolute Gasteiger partial charge is 0.323 e. The van der Waals surface area contributed by atoms with Crippen LogP contribution in [-0.2, 0) is 17.6 Å². The summed E-state index contributed by atoms with van der Waals surface area (Å²) in [6.45, 7) is 1.80. The number of carbonyl (C=O) groups excluding carboxylic acids is 1. The van der Waals surface area contributed by atoms with E-state index in [-0.39, 0.29) is 5.91 Å². The molecular weight excluding hydrogens is 320 g/mol. The number of benzene rings is 1. The Labute approximate surface area is 125 Å². The maximum atomic E-state index is 12.2. The number of amides is 1. The Morgan fingerprint density at radius 2 is 2.15 bits per heavy atom. The zero-order valence-electron chi connectivity index (χ0n) is 11.1. The van der Waals surface area contributed by atoms with Gasteiger partial charge < -0.3 is 5.32 Å². The molecule has 1 N–H and O–H groups in total. The van der Waals surface area contributed by atoms with E-state index in [4.69, 9.17) is 0 Å². The molecule has 0 fully saturated rings. The van der Waals surface area contributed by atoms with E-state index in [0.717, 1.165) is 23.0 Å². The second-order valence-corrected chi connectivity index (χ2v) is 5.85. The monoisotopic (exact) mass is 334 g/mol. The van der Waals surface area contributed by atoms with Crippen LogP contribution in [0.1, 0.15) is 30.5 Å². The second-order valence-electron chi connectivity index (χ2n) is 5.00. The summed E-state index contributed by atoms with van der Waals surface area (Å²) in [6.07, 6.45) is 6.37. The highest BCUT2D eigenvalue weighted by Gasteiger charge is 2.19. The van der Waals surface area contributed by atoms with Crippen molar-refractivity contribution < 1.29 is 4.79 Å². The summed E-state index contributed by atoms with van der Waals surface area (Å²) in [5, 5.41) is 6.95. The minimum atomic E-state index is -0.391. The summed E-state index contributed by atoms with van der Waals surface area (Å²) in [7, 11) is 0. The predicted octanol–water partition coefficient (Wildman–Crippen LogP) is 2.73. The van der Waals surface area contributed by atoms with Gasteiger partial charge in [0, 0.05) is 4.47 Å². The molecule has 0 saturated carbocycles. The van der Waals surface area contributed by atoms with E-state index in [2.05, 4.69) is 43.5 Å². The van der Waals surface area contributed by atoms with Gasteiger partial charge in [-0.1, -0.05) is 0 Å². The molecule has 0 radical (unpaired) electrons. The molecule has 1 aliphatic carbocycles. The summed E-state index contributed by atoms with van der Waals surface area (Å²) < 4.78 is 2.47. The fraction of sp³-hybridized carbons (Fsp3) is 0.357. The molecule has 6 heteroatoms. The molecule has 104 valence electrons. The summed E-state index contributed by atoms with van der Waals surface area (Å²) in [5.74, 6) is -0.103. The molecule has 0 spiro atoms. The molecule has 1 aromatic carbocycles. The predicted molar refractivity (Wildman–Crippen MR) is 79.5 cm³/mol. The zero-order valence-corrected chi connectivity index (χ0v) is 12.7. The average Bonchev–Trinajstić information content (AvgIpc) is 3.08. The van der Waals surface area contributed by atoms with Gasteiger partial charge in [0.25, 0.3) is 0 Å². The van der Waals surface area contributed by atoms with Crippen LogP contribution in [0.3, 0.4) is 0 Å². The van der Waals surface area contributed by atoms with Gasteiger partial charge in [0.1, 0.15) is 18.7 Å². The molecule has 5 nitrogen and oxygen atoms in total. The van der Waals surface area contributed by atoms with Crippen LogP contribution in [0.5, 0.6) is 0 Å². The first-order valence-corrected chi connectivity index (χ1v) is 7.40. The van der Waals surface area contributed by atoms with Gasteiger partial charge >= 0.3 is 0 Å². The minimum absolute atomic E-state index is 0.103. The number of nitrogens with zero attached hydrogens (tertiary/aromatic N) is 3. The number of aromatic nitrogens is 3. The normalized spacial score (nSPS) is 14.9. The third-order valence-corrected chi connectivity index (χ3v) is 4.31. The molecule has 1 amide bonds. The standard InChI is InChI=1S/C14H15BrN4O/c1-9(19-8-16-7-17-19)14(20)18-13-6-11-4-2-3-10(11)5-12(13)15/h5-9H,2-4H2,1H3,(H,18,20). The number of nitrogens with one attached hydrogen (secondary N) is 1. The third-order valence-electron chi connectivity index (χ3n) is 3.65. The number of hydrogen-bond acceptors (Lipinski definition) is 3. The van der Waals surface area contributed by atoms with E-state index in [1.54, 1.807) is 13.3 Å². The molecule has 0 aliphatic heterocycles. The molecule has 1 aliphatic rings. The smallest absolute Gasteiger partial charge is 0.249 e. The van der Waals surface area contributed by atoms with E-state index in [9.17, 15) is 4.79 Å². The Kier molecular flexibility index (Phi) is 3.56. The molecular formula is C14H15BrN4O. The van der Waals surface area contributed by atoms with Crippen LogP contribution in [0.25, 0.3) is 0 Å². The van der Waals surface area contributed by atoms with E-state index in [1.807, 2.05) is 0 Å². The van der Waals surface area contributed by atoms with Crippen molar-refractivity contribution in [1.82, 2.24) is 14.8 Å². The van der Waals surface area contributed by atoms with Crippen LogP contribution in [0.4, 0.5) is 5.69 Å². The zero-order chi connectivity index (χ0) is 14.1. The average molecular weight is 335 g/mol. The lowest BCUT2D eigenvalue weighted by Gasteiger charge is -2.14. The molecule has 1 atom stereocenters. The molecule has 3 rings (SSSR count). The highest BCUT2D eigenvalue weighted by Crippen LogP contribution is 2.32. The van der Waals surface area contributed by atoms with Gasteiger partial charge in [0.2, 0.25) is 5.91 Å². The first kappa shape index (κ1) is 13.3.